The molecule has 0 unspecified atom stereocenters. The molecule has 8 heteroatoms. The summed E-state index contributed by atoms with van der Waals surface area (Å²) < 4.78 is 9.15. The molecule has 0 saturated heterocycles. The van der Waals surface area contributed by atoms with Crippen LogP contribution in [0.5, 0.6) is 5.75 Å². The molecule has 4 aromatic rings. The molecule has 0 saturated carbocycles. The lowest BCUT2D eigenvalue weighted by atomic mass is 10.2. The molecule has 0 amide bonds. The van der Waals surface area contributed by atoms with Crippen LogP contribution in [0.15, 0.2) is 65.5 Å². The summed E-state index contributed by atoms with van der Waals surface area (Å²) in [5, 5.41) is 12.5. The lowest BCUT2D eigenvalue weighted by Gasteiger charge is -2.10. The van der Waals surface area contributed by atoms with E-state index in [1.165, 1.54) is 6.07 Å². The second-order valence-electron chi connectivity index (χ2n) is 7.51. The van der Waals surface area contributed by atoms with Gasteiger partial charge in [0.15, 0.2) is 0 Å². The number of hydrogen-bond donors (Lipinski definition) is 2. The molecule has 0 bridgehead atoms. The van der Waals surface area contributed by atoms with Crippen molar-refractivity contribution >= 4 is 34.3 Å². The summed E-state index contributed by atoms with van der Waals surface area (Å²) in [5.41, 5.74) is 4.54. The second kappa shape index (κ2) is 8.80. The highest BCUT2D eigenvalue weighted by Gasteiger charge is 2.10. The van der Waals surface area contributed by atoms with Crippen molar-refractivity contribution in [2.24, 2.45) is 14.1 Å². The Balaban J connectivity index is 1.36. The van der Waals surface area contributed by atoms with Crippen LogP contribution in [0.3, 0.4) is 0 Å². The number of carboxylic acid groups (broad SMARTS) is 1. The SMILES string of the molecule is Cn1c(=O)n(C)c2cc(COc3ccc(CNc4ccc(C(=O)O)c(Cl)c4)cc3)ccc21. The van der Waals surface area contributed by atoms with E-state index in [1.807, 2.05) is 42.5 Å². The number of aryl methyl sites for hydroxylation is 2. The Bertz CT molecular complexity index is 1360. The zero-order valence-electron chi connectivity index (χ0n) is 17.6. The number of carboxylic acids is 1. The van der Waals surface area contributed by atoms with Gasteiger partial charge in [0.05, 0.1) is 21.6 Å². The van der Waals surface area contributed by atoms with Crippen LogP contribution in [-0.2, 0) is 27.2 Å². The first-order valence-electron chi connectivity index (χ1n) is 9.96. The molecule has 3 aromatic carbocycles. The Morgan fingerprint density at radius 3 is 2.34 bits per heavy atom. The van der Waals surface area contributed by atoms with Crippen LogP contribution in [0, 0.1) is 0 Å². The van der Waals surface area contributed by atoms with Gasteiger partial charge in [-0.1, -0.05) is 29.8 Å². The third-order valence-electron chi connectivity index (χ3n) is 5.36. The van der Waals surface area contributed by atoms with Crippen LogP contribution < -0.4 is 15.7 Å². The van der Waals surface area contributed by atoms with Gasteiger partial charge < -0.3 is 15.2 Å². The summed E-state index contributed by atoms with van der Waals surface area (Å²) in [6.07, 6.45) is 0. The maximum atomic E-state index is 12.1. The van der Waals surface area contributed by atoms with Crippen LogP contribution >= 0.6 is 11.6 Å². The number of nitrogens with zero attached hydrogens (tertiary/aromatic N) is 2. The molecule has 0 aliphatic carbocycles. The number of imidazole rings is 1. The van der Waals surface area contributed by atoms with Gasteiger partial charge in [-0.15, -0.1) is 0 Å². The van der Waals surface area contributed by atoms with Crippen molar-refractivity contribution in [3.05, 3.63) is 92.9 Å². The van der Waals surface area contributed by atoms with E-state index in [0.29, 0.717) is 13.2 Å². The molecule has 2 N–H and O–H groups in total. The van der Waals surface area contributed by atoms with Crippen molar-refractivity contribution in [1.82, 2.24) is 9.13 Å². The highest BCUT2D eigenvalue weighted by atomic mass is 35.5. The van der Waals surface area contributed by atoms with Gasteiger partial charge in [0.25, 0.3) is 0 Å². The lowest BCUT2D eigenvalue weighted by Crippen LogP contribution is -2.19. The second-order valence-corrected chi connectivity index (χ2v) is 7.92. The number of carbonyl (C=O) groups is 1. The summed E-state index contributed by atoms with van der Waals surface area (Å²) >= 11 is 6.01. The average molecular weight is 452 g/mol. The molecule has 0 aliphatic heterocycles. The van der Waals surface area contributed by atoms with E-state index >= 15 is 0 Å². The van der Waals surface area contributed by atoms with E-state index in [0.717, 1.165) is 33.6 Å². The van der Waals surface area contributed by atoms with Gasteiger partial charge in [0.2, 0.25) is 0 Å². The number of hydrogen-bond acceptors (Lipinski definition) is 4. The van der Waals surface area contributed by atoms with Gasteiger partial charge in [-0.05, 0) is 53.6 Å². The van der Waals surface area contributed by atoms with Gasteiger partial charge in [-0.2, -0.15) is 0 Å². The van der Waals surface area contributed by atoms with Crippen molar-refractivity contribution in [2.45, 2.75) is 13.2 Å². The molecule has 7 nitrogen and oxygen atoms in total. The Morgan fingerprint density at radius 1 is 0.969 bits per heavy atom. The van der Waals surface area contributed by atoms with Crippen LogP contribution in [0.4, 0.5) is 5.69 Å². The number of nitrogens with one attached hydrogen (secondary N) is 1. The van der Waals surface area contributed by atoms with Gasteiger partial charge >= 0.3 is 11.7 Å². The fourth-order valence-electron chi connectivity index (χ4n) is 3.51. The minimum atomic E-state index is -1.05. The van der Waals surface area contributed by atoms with Crippen LogP contribution in [0.1, 0.15) is 21.5 Å². The first-order valence-corrected chi connectivity index (χ1v) is 10.3. The van der Waals surface area contributed by atoms with E-state index in [4.69, 9.17) is 21.4 Å². The van der Waals surface area contributed by atoms with Gasteiger partial charge in [-0.3, -0.25) is 9.13 Å². The topological polar surface area (TPSA) is 85.5 Å². The lowest BCUT2D eigenvalue weighted by molar-refractivity contribution is 0.0697. The van der Waals surface area contributed by atoms with Crippen molar-refractivity contribution in [2.75, 3.05) is 5.32 Å². The maximum absolute atomic E-state index is 12.1. The van der Waals surface area contributed by atoms with Crippen LogP contribution in [0.2, 0.25) is 5.02 Å². The number of aromatic nitrogens is 2. The van der Waals surface area contributed by atoms with Crippen LogP contribution in [0.25, 0.3) is 11.0 Å². The number of benzene rings is 3. The predicted octanol–water partition coefficient (Wildman–Crippen LogP) is 4.42. The Hall–Kier alpha value is -3.71. The fraction of sp³-hybridized carbons (Fsp3) is 0.167. The zero-order chi connectivity index (χ0) is 22.8. The van der Waals surface area contributed by atoms with Gasteiger partial charge in [-0.25, -0.2) is 9.59 Å². The zero-order valence-corrected chi connectivity index (χ0v) is 18.4. The first kappa shape index (κ1) is 21.5. The van der Waals surface area contributed by atoms with E-state index in [-0.39, 0.29) is 16.3 Å². The standard InChI is InChI=1S/C24H22ClN3O4/c1-27-21-10-5-16(11-22(21)28(2)24(27)31)14-32-18-7-3-15(4-8-18)13-26-17-6-9-19(23(29)30)20(25)12-17/h3-12,26H,13-14H2,1-2H3,(H,29,30). The summed E-state index contributed by atoms with van der Waals surface area (Å²) in [4.78, 5) is 23.1. The molecular weight excluding hydrogens is 430 g/mol. The molecule has 1 heterocycles. The Morgan fingerprint density at radius 2 is 1.66 bits per heavy atom. The van der Waals surface area contributed by atoms with E-state index in [1.54, 1.807) is 35.4 Å². The average Bonchev–Trinajstić information content (AvgIpc) is 3.00. The number of halogens is 1. The largest absolute Gasteiger partial charge is 0.489 e. The Labute approximate surface area is 189 Å². The number of anilines is 1. The molecule has 32 heavy (non-hydrogen) atoms. The summed E-state index contributed by atoms with van der Waals surface area (Å²) in [5.74, 6) is -0.311. The molecule has 0 atom stereocenters. The number of fused-ring (bicyclic) bond motifs is 1. The van der Waals surface area contributed by atoms with Gasteiger partial charge in [0, 0.05) is 26.3 Å². The van der Waals surface area contributed by atoms with Gasteiger partial charge in [0.1, 0.15) is 12.4 Å². The number of aromatic carboxylic acids is 1. The van der Waals surface area contributed by atoms with E-state index in [2.05, 4.69) is 5.32 Å². The molecule has 0 radical (unpaired) electrons. The summed E-state index contributed by atoms with van der Waals surface area (Å²) in [6.45, 7) is 0.951. The predicted molar refractivity (Wildman–Crippen MR) is 125 cm³/mol. The normalized spacial score (nSPS) is 11.0. The first-order chi connectivity index (χ1) is 15.3. The number of rotatable bonds is 7. The van der Waals surface area contributed by atoms with Crippen molar-refractivity contribution < 1.29 is 14.6 Å². The van der Waals surface area contributed by atoms with Crippen molar-refractivity contribution in [3.8, 4) is 5.75 Å². The van der Waals surface area contributed by atoms with E-state index in [9.17, 15) is 9.59 Å². The van der Waals surface area contributed by atoms with Crippen LogP contribution in [-0.4, -0.2) is 20.2 Å². The molecule has 0 fully saturated rings. The quantitative estimate of drug-likeness (QED) is 0.434. The third-order valence-corrected chi connectivity index (χ3v) is 5.67. The molecule has 1 aromatic heterocycles. The third kappa shape index (κ3) is 4.33. The van der Waals surface area contributed by atoms with Crippen molar-refractivity contribution in [1.29, 1.82) is 0 Å². The number of ether oxygens (including phenoxy) is 1. The summed E-state index contributed by atoms with van der Waals surface area (Å²) in [7, 11) is 3.52. The highest BCUT2D eigenvalue weighted by molar-refractivity contribution is 6.33. The minimum Gasteiger partial charge on any atom is -0.489 e. The fourth-order valence-corrected chi connectivity index (χ4v) is 3.78. The van der Waals surface area contributed by atoms with Crippen molar-refractivity contribution in [3.63, 3.8) is 0 Å². The minimum absolute atomic E-state index is 0.0534. The maximum Gasteiger partial charge on any atom is 0.337 e. The Kier molecular flexibility index (Phi) is 5.92. The van der Waals surface area contributed by atoms with E-state index < -0.39 is 5.97 Å². The molecule has 0 spiro atoms. The molecule has 4 rings (SSSR count). The molecule has 0 aliphatic rings. The highest BCUT2D eigenvalue weighted by Crippen LogP contribution is 2.22. The monoisotopic (exact) mass is 451 g/mol. The molecular formula is C24H22ClN3O4. The smallest absolute Gasteiger partial charge is 0.337 e. The summed E-state index contributed by atoms with van der Waals surface area (Å²) in [6, 6.07) is 18.3. The molecule has 164 valence electrons.